The predicted octanol–water partition coefficient (Wildman–Crippen LogP) is 1.75. The number of aliphatic hydroxyl groups is 1. The number of sulfonamides is 1. The Hall–Kier alpha value is -1.44. The van der Waals surface area contributed by atoms with Crippen molar-refractivity contribution in [2.24, 2.45) is 0 Å². The van der Waals surface area contributed by atoms with E-state index in [0.717, 1.165) is 25.7 Å². The Kier molecular flexibility index (Phi) is 6.77. The Labute approximate surface area is 143 Å². The molecule has 0 aromatic heterocycles. The SMILES string of the molecule is CC[C@H](CO)NC(=O)c1cccc(S(=O)(=O)N2CCCCCC2)c1. The quantitative estimate of drug-likeness (QED) is 0.815. The van der Waals surface area contributed by atoms with Crippen LogP contribution in [0.4, 0.5) is 0 Å². The minimum atomic E-state index is -3.58. The minimum Gasteiger partial charge on any atom is -0.394 e. The van der Waals surface area contributed by atoms with E-state index in [9.17, 15) is 18.3 Å². The number of benzene rings is 1. The lowest BCUT2D eigenvalue weighted by Crippen LogP contribution is -2.37. The number of aliphatic hydroxyl groups excluding tert-OH is 1. The van der Waals surface area contributed by atoms with Crippen LogP contribution in [-0.4, -0.2) is 49.5 Å². The third kappa shape index (κ3) is 4.55. The third-order valence-electron chi connectivity index (χ3n) is 4.35. The average Bonchev–Trinajstić information content (AvgIpc) is 2.89. The molecule has 0 saturated carbocycles. The highest BCUT2D eigenvalue weighted by atomic mass is 32.2. The van der Waals surface area contributed by atoms with Crippen molar-refractivity contribution in [3.63, 3.8) is 0 Å². The number of nitrogens with zero attached hydrogens (tertiary/aromatic N) is 1. The Balaban J connectivity index is 2.21. The van der Waals surface area contributed by atoms with Gasteiger partial charge >= 0.3 is 0 Å². The molecule has 6 nitrogen and oxygen atoms in total. The van der Waals surface area contributed by atoms with E-state index < -0.39 is 10.0 Å². The van der Waals surface area contributed by atoms with Gasteiger partial charge in [-0.15, -0.1) is 0 Å². The number of nitrogens with one attached hydrogen (secondary N) is 1. The molecule has 1 heterocycles. The van der Waals surface area contributed by atoms with Crippen LogP contribution in [0.5, 0.6) is 0 Å². The average molecular weight is 354 g/mol. The van der Waals surface area contributed by atoms with Gasteiger partial charge in [-0.05, 0) is 37.5 Å². The van der Waals surface area contributed by atoms with Crippen LogP contribution in [0, 0.1) is 0 Å². The van der Waals surface area contributed by atoms with Gasteiger partial charge < -0.3 is 10.4 Å². The van der Waals surface area contributed by atoms with Gasteiger partial charge in [-0.1, -0.05) is 25.8 Å². The second-order valence-electron chi connectivity index (χ2n) is 6.11. The number of rotatable bonds is 6. The molecule has 0 unspecified atom stereocenters. The zero-order valence-electron chi connectivity index (χ0n) is 14.1. The van der Waals surface area contributed by atoms with Gasteiger partial charge in [-0.2, -0.15) is 4.31 Å². The van der Waals surface area contributed by atoms with Crippen molar-refractivity contribution in [3.05, 3.63) is 29.8 Å². The second kappa shape index (κ2) is 8.60. The summed E-state index contributed by atoms with van der Waals surface area (Å²) >= 11 is 0. The lowest BCUT2D eigenvalue weighted by Gasteiger charge is -2.20. The Morgan fingerprint density at radius 2 is 1.92 bits per heavy atom. The highest BCUT2D eigenvalue weighted by Crippen LogP contribution is 2.21. The molecular weight excluding hydrogens is 328 g/mol. The van der Waals surface area contributed by atoms with Gasteiger partial charge in [0.25, 0.3) is 5.91 Å². The number of hydrogen-bond acceptors (Lipinski definition) is 4. The maximum atomic E-state index is 12.8. The molecule has 0 bridgehead atoms. The highest BCUT2D eigenvalue weighted by Gasteiger charge is 2.26. The molecule has 0 spiro atoms. The fourth-order valence-corrected chi connectivity index (χ4v) is 4.34. The van der Waals surface area contributed by atoms with Crippen LogP contribution in [-0.2, 0) is 10.0 Å². The molecular formula is C17H26N2O4S. The van der Waals surface area contributed by atoms with Gasteiger partial charge in [0.1, 0.15) is 0 Å². The van der Waals surface area contributed by atoms with Crippen LogP contribution < -0.4 is 5.32 Å². The van der Waals surface area contributed by atoms with Gasteiger partial charge in [0, 0.05) is 18.7 Å². The van der Waals surface area contributed by atoms with E-state index in [1.807, 2.05) is 6.92 Å². The monoisotopic (exact) mass is 354 g/mol. The molecule has 1 aliphatic heterocycles. The predicted molar refractivity (Wildman–Crippen MR) is 92.3 cm³/mol. The number of hydrogen-bond donors (Lipinski definition) is 2. The molecule has 1 amide bonds. The summed E-state index contributed by atoms with van der Waals surface area (Å²) in [6.07, 6.45) is 4.44. The molecule has 7 heteroatoms. The van der Waals surface area contributed by atoms with E-state index in [-0.39, 0.29) is 29.0 Å². The molecule has 1 saturated heterocycles. The van der Waals surface area contributed by atoms with Gasteiger partial charge in [0.2, 0.25) is 10.0 Å². The van der Waals surface area contributed by atoms with Gasteiger partial charge in [0.15, 0.2) is 0 Å². The van der Waals surface area contributed by atoms with Crippen LogP contribution in [0.1, 0.15) is 49.4 Å². The molecule has 0 radical (unpaired) electrons. The van der Waals surface area contributed by atoms with Gasteiger partial charge in [-0.25, -0.2) is 8.42 Å². The summed E-state index contributed by atoms with van der Waals surface area (Å²) < 4.78 is 27.1. The lowest BCUT2D eigenvalue weighted by atomic mass is 10.2. The van der Waals surface area contributed by atoms with Crippen molar-refractivity contribution < 1.29 is 18.3 Å². The van der Waals surface area contributed by atoms with Crippen molar-refractivity contribution in [3.8, 4) is 0 Å². The van der Waals surface area contributed by atoms with Crippen molar-refractivity contribution in [1.82, 2.24) is 9.62 Å². The van der Waals surface area contributed by atoms with Crippen molar-refractivity contribution in [2.75, 3.05) is 19.7 Å². The molecule has 1 aromatic rings. The summed E-state index contributed by atoms with van der Waals surface area (Å²) in [6, 6.07) is 5.78. The fraction of sp³-hybridized carbons (Fsp3) is 0.588. The Bertz CT molecular complexity index is 648. The minimum absolute atomic E-state index is 0.145. The van der Waals surface area contributed by atoms with E-state index >= 15 is 0 Å². The first-order chi connectivity index (χ1) is 11.5. The fourth-order valence-electron chi connectivity index (χ4n) is 2.77. The van der Waals surface area contributed by atoms with Crippen LogP contribution in [0.2, 0.25) is 0 Å². The first kappa shape index (κ1) is 18.9. The van der Waals surface area contributed by atoms with Crippen molar-refractivity contribution >= 4 is 15.9 Å². The molecule has 0 aliphatic carbocycles. The smallest absolute Gasteiger partial charge is 0.251 e. The lowest BCUT2D eigenvalue weighted by molar-refractivity contribution is 0.0914. The van der Waals surface area contributed by atoms with E-state index in [4.69, 9.17) is 0 Å². The molecule has 1 aromatic carbocycles. The van der Waals surface area contributed by atoms with Crippen LogP contribution in [0.25, 0.3) is 0 Å². The summed E-state index contributed by atoms with van der Waals surface area (Å²) in [5, 5.41) is 11.9. The topological polar surface area (TPSA) is 86.7 Å². The van der Waals surface area contributed by atoms with Crippen molar-refractivity contribution in [2.45, 2.75) is 50.0 Å². The van der Waals surface area contributed by atoms with E-state index in [2.05, 4.69) is 5.32 Å². The molecule has 1 atom stereocenters. The second-order valence-corrected chi connectivity index (χ2v) is 8.05. The van der Waals surface area contributed by atoms with Crippen LogP contribution in [0.3, 0.4) is 0 Å². The Morgan fingerprint density at radius 3 is 2.50 bits per heavy atom. The molecule has 1 fully saturated rings. The normalized spacial score (nSPS) is 17.9. The van der Waals surface area contributed by atoms with Crippen molar-refractivity contribution in [1.29, 1.82) is 0 Å². The molecule has 2 N–H and O–H groups in total. The number of carbonyl (C=O) groups excluding carboxylic acids is 1. The first-order valence-corrected chi connectivity index (χ1v) is 9.95. The summed E-state index contributed by atoms with van der Waals surface area (Å²) in [5.41, 5.74) is 0.290. The zero-order chi connectivity index (χ0) is 17.6. The van der Waals surface area contributed by atoms with E-state index in [1.54, 1.807) is 12.1 Å². The maximum absolute atomic E-state index is 12.8. The first-order valence-electron chi connectivity index (χ1n) is 8.51. The summed E-state index contributed by atoms with van der Waals surface area (Å²) in [5.74, 6) is -0.371. The zero-order valence-corrected chi connectivity index (χ0v) is 14.9. The van der Waals surface area contributed by atoms with E-state index in [0.29, 0.717) is 19.5 Å². The maximum Gasteiger partial charge on any atom is 0.251 e. The number of amides is 1. The molecule has 2 rings (SSSR count). The Morgan fingerprint density at radius 1 is 1.25 bits per heavy atom. The van der Waals surface area contributed by atoms with Crippen LogP contribution in [0.15, 0.2) is 29.2 Å². The van der Waals surface area contributed by atoms with Gasteiger partial charge in [0.05, 0.1) is 17.5 Å². The summed E-state index contributed by atoms with van der Waals surface area (Å²) in [7, 11) is -3.58. The highest BCUT2D eigenvalue weighted by molar-refractivity contribution is 7.89. The van der Waals surface area contributed by atoms with Gasteiger partial charge in [-0.3, -0.25) is 4.79 Å². The molecule has 24 heavy (non-hydrogen) atoms. The summed E-state index contributed by atoms with van der Waals surface area (Å²) in [6.45, 7) is 2.78. The van der Waals surface area contributed by atoms with Crippen LogP contribution >= 0.6 is 0 Å². The number of carbonyl (C=O) groups is 1. The molecule has 1 aliphatic rings. The van der Waals surface area contributed by atoms with E-state index in [1.165, 1.54) is 16.4 Å². The summed E-state index contributed by atoms with van der Waals surface area (Å²) in [4.78, 5) is 12.4. The third-order valence-corrected chi connectivity index (χ3v) is 6.24. The molecule has 134 valence electrons. The standard InChI is InChI=1S/C17H26N2O4S/c1-2-15(13-20)18-17(21)14-8-7-9-16(12-14)24(22,23)19-10-5-3-4-6-11-19/h7-9,12,15,20H,2-6,10-11,13H2,1H3,(H,18,21)/t15-/m1/s1. The largest absolute Gasteiger partial charge is 0.394 e.